The summed E-state index contributed by atoms with van der Waals surface area (Å²) in [6.07, 6.45) is 3.74. The van der Waals surface area contributed by atoms with Gasteiger partial charge in [0, 0.05) is 20.1 Å². The molecule has 1 aliphatic carbocycles. The molecule has 1 saturated carbocycles. The number of carbonyl (C=O) groups is 2. The molecule has 8 nitrogen and oxygen atoms in total. The normalized spacial score (nSPS) is 14.2. The summed E-state index contributed by atoms with van der Waals surface area (Å²) < 4.78 is 1.39. The zero-order valence-electron chi connectivity index (χ0n) is 10.7. The molecule has 0 saturated heterocycles. The number of carboxylic acids is 1. The van der Waals surface area contributed by atoms with Gasteiger partial charge in [-0.3, -0.25) is 0 Å². The number of carbonyl (C=O) groups excluding carboxylic acids is 1. The molecule has 8 heteroatoms. The Morgan fingerprint density at radius 1 is 1.58 bits per heavy atom. The van der Waals surface area contributed by atoms with E-state index in [2.05, 4.69) is 15.6 Å². The fraction of sp³-hybridized carbons (Fsp3) is 0.636. The third-order valence-corrected chi connectivity index (χ3v) is 2.95. The highest BCUT2D eigenvalue weighted by Gasteiger charge is 2.24. The second-order valence-corrected chi connectivity index (χ2v) is 4.73. The highest BCUT2D eigenvalue weighted by Crippen LogP contribution is 2.29. The molecule has 0 aromatic carbocycles. The van der Waals surface area contributed by atoms with Crippen molar-refractivity contribution >= 4 is 12.0 Å². The Morgan fingerprint density at radius 2 is 2.32 bits per heavy atom. The SMILES string of the molecule is CN(CC1CC1)C(=O)NCCn1cc(C(=O)O)nn1. The van der Waals surface area contributed by atoms with Crippen LogP contribution in [0.4, 0.5) is 4.79 Å². The second kappa shape index (κ2) is 5.68. The zero-order chi connectivity index (χ0) is 13.8. The number of urea groups is 1. The van der Waals surface area contributed by atoms with Gasteiger partial charge in [0.15, 0.2) is 5.69 Å². The van der Waals surface area contributed by atoms with Crippen molar-refractivity contribution in [2.24, 2.45) is 5.92 Å². The molecule has 1 aromatic rings. The lowest BCUT2D eigenvalue weighted by atomic mass is 10.4. The van der Waals surface area contributed by atoms with Crippen LogP contribution in [0, 0.1) is 5.92 Å². The molecular weight excluding hydrogens is 250 g/mol. The molecule has 0 radical (unpaired) electrons. The van der Waals surface area contributed by atoms with Gasteiger partial charge in [-0.1, -0.05) is 5.21 Å². The molecule has 1 aliphatic rings. The van der Waals surface area contributed by atoms with E-state index in [-0.39, 0.29) is 11.7 Å². The molecule has 2 N–H and O–H groups in total. The van der Waals surface area contributed by atoms with Gasteiger partial charge in [0.2, 0.25) is 0 Å². The molecule has 2 rings (SSSR count). The Balaban J connectivity index is 1.69. The molecule has 2 amide bonds. The summed E-state index contributed by atoms with van der Waals surface area (Å²) in [6, 6.07) is -0.120. The highest BCUT2D eigenvalue weighted by molar-refractivity contribution is 5.84. The molecule has 1 fully saturated rings. The van der Waals surface area contributed by atoms with E-state index in [9.17, 15) is 9.59 Å². The van der Waals surface area contributed by atoms with Gasteiger partial charge in [0.05, 0.1) is 12.7 Å². The first-order valence-corrected chi connectivity index (χ1v) is 6.18. The van der Waals surface area contributed by atoms with Gasteiger partial charge in [-0.2, -0.15) is 0 Å². The highest BCUT2D eigenvalue weighted by atomic mass is 16.4. The lowest BCUT2D eigenvalue weighted by Crippen LogP contribution is -2.39. The van der Waals surface area contributed by atoms with Crippen molar-refractivity contribution in [3.8, 4) is 0 Å². The first-order valence-electron chi connectivity index (χ1n) is 6.18. The van der Waals surface area contributed by atoms with E-state index in [4.69, 9.17) is 5.11 Å². The maximum Gasteiger partial charge on any atom is 0.358 e. The minimum Gasteiger partial charge on any atom is -0.476 e. The van der Waals surface area contributed by atoms with Gasteiger partial charge in [-0.25, -0.2) is 14.3 Å². The van der Waals surface area contributed by atoms with Crippen molar-refractivity contribution in [1.29, 1.82) is 0 Å². The van der Waals surface area contributed by atoms with E-state index >= 15 is 0 Å². The number of nitrogens with zero attached hydrogens (tertiary/aromatic N) is 4. The van der Waals surface area contributed by atoms with Gasteiger partial charge in [-0.05, 0) is 18.8 Å². The monoisotopic (exact) mass is 267 g/mol. The lowest BCUT2D eigenvalue weighted by molar-refractivity contribution is 0.0690. The van der Waals surface area contributed by atoms with E-state index in [1.54, 1.807) is 11.9 Å². The Hall–Kier alpha value is -2.12. The first-order chi connectivity index (χ1) is 9.06. The van der Waals surface area contributed by atoms with Crippen molar-refractivity contribution in [1.82, 2.24) is 25.2 Å². The van der Waals surface area contributed by atoms with Crippen LogP contribution in [0.3, 0.4) is 0 Å². The molecule has 0 bridgehead atoms. The largest absolute Gasteiger partial charge is 0.476 e. The quantitative estimate of drug-likeness (QED) is 0.757. The molecule has 104 valence electrons. The molecule has 0 spiro atoms. The van der Waals surface area contributed by atoms with E-state index in [0.29, 0.717) is 19.0 Å². The van der Waals surface area contributed by atoms with E-state index < -0.39 is 5.97 Å². The zero-order valence-corrected chi connectivity index (χ0v) is 10.7. The van der Waals surface area contributed by atoms with Gasteiger partial charge < -0.3 is 15.3 Å². The van der Waals surface area contributed by atoms with Crippen LogP contribution in [0.15, 0.2) is 6.20 Å². The van der Waals surface area contributed by atoms with Crippen molar-refractivity contribution in [3.05, 3.63) is 11.9 Å². The van der Waals surface area contributed by atoms with Crippen LogP contribution in [-0.2, 0) is 6.54 Å². The maximum atomic E-state index is 11.7. The summed E-state index contributed by atoms with van der Waals surface area (Å²) >= 11 is 0. The number of carboxylic acid groups (broad SMARTS) is 1. The summed E-state index contributed by atoms with van der Waals surface area (Å²) in [5.74, 6) is -0.455. The fourth-order valence-corrected chi connectivity index (χ4v) is 1.69. The Labute approximate surface area is 110 Å². The van der Waals surface area contributed by atoms with Crippen LogP contribution in [-0.4, -0.2) is 57.1 Å². The summed E-state index contributed by atoms with van der Waals surface area (Å²) in [5, 5.41) is 18.6. The topological polar surface area (TPSA) is 100 Å². The predicted octanol–water partition coefficient (Wildman–Crippen LogP) is 0.0277. The Bertz CT molecular complexity index is 469. The lowest BCUT2D eigenvalue weighted by Gasteiger charge is -2.17. The average Bonchev–Trinajstić information content (AvgIpc) is 3.04. The molecule has 1 aromatic heterocycles. The smallest absolute Gasteiger partial charge is 0.358 e. The summed E-state index contributed by atoms with van der Waals surface area (Å²) in [5.41, 5.74) is -0.0998. The minimum absolute atomic E-state index is 0.0998. The molecule has 0 atom stereocenters. The van der Waals surface area contributed by atoms with Crippen LogP contribution < -0.4 is 5.32 Å². The number of aromatic carboxylic acids is 1. The standard InChI is InChI=1S/C11H17N5O3/c1-15(6-8-2-3-8)11(19)12-4-5-16-7-9(10(17)18)13-14-16/h7-8H,2-6H2,1H3,(H,12,19)(H,17,18). The van der Waals surface area contributed by atoms with Gasteiger partial charge in [-0.15, -0.1) is 5.10 Å². The summed E-state index contributed by atoms with van der Waals surface area (Å²) in [6.45, 7) is 1.57. The number of hydrogen-bond acceptors (Lipinski definition) is 4. The summed E-state index contributed by atoms with van der Waals surface area (Å²) in [4.78, 5) is 24.0. The number of amides is 2. The number of hydrogen-bond donors (Lipinski definition) is 2. The fourth-order valence-electron chi connectivity index (χ4n) is 1.69. The molecule has 19 heavy (non-hydrogen) atoms. The number of nitrogens with one attached hydrogen (secondary N) is 1. The van der Waals surface area contributed by atoms with Crippen molar-refractivity contribution in [2.45, 2.75) is 19.4 Å². The molecule has 1 heterocycles. The molecule has 0 aliphatic heterocycles. The van der Waals surface area contributed by atoms with Crippen molar-refractivity contribution in [2.75, 3.05) is 20.1 Å². The molecule has 0 unspecified atom stereocenters. The predicted molar refractivity (Wildman–Crippen MR) is 65.7 cm³/mol. The average molecular weight is 267 g/mol. The maximum absolute atomic E-state index is 11.7. The summed E-state index contributed by atoms with van der Waals surface area (Å²) in [7, 11) is 1.77. The Morgan fingerprint density at radius 3 is 2.89 bits per heavy atom. The Kier molecular flexibility index (Phi) is 3.98. The number of aromatic nitrogens is 3. The van der Waals surface area contributed by atoms with Gasteiger partial charge in [0.25, 0.3) is 0 Å². The van der Waals surface area contributed by atoms with Crippen LogP contribution >= 0.6 is 0 Å². The minimum atomic E-state index is -1.11. The number of rotatable bonds is 6. The van der Waals surface area contributed by atoms with Crippen LogP contribution in [0.2, 0.25) is 0 Å². The van der Waals surface area contributed by atoms with E-state index in [0.717, 1.165) is 6.54 Å². The third-order valence-electron chi connectivity index (χ3n) is 2.95. The van der Waals surface area contributed by atoms with Crippen LogP contribution in [0.25, 0.3) is 0 Å². The van der Waals surface area contributed by atoms with Crippen LogP contribution in [0.1, 0.15) is 23.3 Å². The van der Waals surface area contributed by atoms with Crippen LogP contribution in [0.5, 0.6) is 0 Å². The third kappa shape index (κ3) is 3.94. The first kappa shape index (κ1) is 13.3. The second-order valence-electron chi connectivity index (χ2n) is 4.73. The van der Waals surface area contributed by atoms with E-state index in [1.165, 1.54) is 23.7 Å². The van der Waals surface area contributed by atoms with Gasteiger partial charge in [0.1, 0.15) is 0 Å². The molecular formula is C11H17N5O3. The van der Waals surface area contributed by atoms with Crippen molar-refractivity contribution in [3.63, 3.8) is 0 Å². The van der Waals surface area contributed by atoms with E-state index in [1.807, 2.05) is 0 Å². The van der Waals surface area contributed by atoms with Gasteiger partial charge >= 0.3 is 12.0 Å². The van der Waals surface area contributed by atoms with Crippen molar-refractivity contribution < 1.29 is 14.7 Å².